The van der Waals surface area contributed by atoms with Crippen LogP contribution in [0.2, 0.25) is 0 Å². The van der Waals surface area contributed by atoms with Crippen LogP contribution >= 0.6 is 0 Å². The van der Waals surface area contributed by atoms with E-state index in [1.54, 1.807) is 11.9 Å². The van der Waals surface area contributed by atoms with E-state index in [1.165, 1.54) is 0 Å². The molecule has 2 N–H and O–H groups in total. The highest BCUT2D eigenvalue weighted by molar-refractivity contribution is 5.79. The van der Waals surface area contributed by atoms with E-state index in [9.17, 15) is 13.6 Å². The lowest BCUT2D eigenvalue weighted by Gasteiger charge is -2.33. The van der Waals surface area contributed by atoms with Crippen LogP contribution in [0.15, 0.2) is 6.07 Å². The lowest BCUT2D eigenvalue weighted by molar-refractivity contribution is -0.124. The molecule has 0 aromatic carbocycles. The number of rotatable bonds is 4. The number of anilines is 2. The van der Waals surface area contributed by atoms with Crippen molar-refractivity contribution in [2.75, 3.05) is 36.9 Å². The molecule has 0 spiro atoms. The van der Waals surface area contributed by atoms with Gasteiger partial charge in [-0.15, -0.1) is 0 Å². The maximum Gasteiger partial charge on any atom is 0.224 e. The fourth-order valence-corrected chi connectivity index (χ4v) is 2.56. The predicted molar refractivity (Wildman–Crippen MR) is 77.3 cm³/mol. The van der Waals surface area contributed by atoms with E-state index in [0.29, 0.717) is 19.6 Å². The van der Waals surface area contributed by atoms with Crippen molar-refractivity contribution in [1.82, 2.24) is 10.3 Å². The highest BCUT2D eigenvalue weighted by atomic mass is 19.1. The number of aromatic nitrogens is 1. The summed E-state index contributed by atoms with van der Waals surface area (Å²) in [5, 5.41) is 5.38. The Morgan fingerprint density at radius 2 is 2.24 bits per heavy atom. The van der Waals surface area contributed by atoms with Gasteiger partial charge in [0.25, 0.3) is 0 Å². The SMILES string of the molecule is CCNc1nc(N2CCCC(C(=O)NC)C2)c(F)cc1F. The van der Waals surface area contributed by atoms with E-state index in [1.807, 2.05) is 6.92 Å². The number of hydrogen-bond acceptors (Lipinski definition) is 4. The minimum absolute atomic E-state index is 0.0379. The van der Waals surface area contributed by atoms with Crippen molar-refractivity contribution in [3.05, 3.63) is 17.7 Å². The van der Waals surface area contributed by atoms with E-state index in [0.717, 1.165) is 18.9 Å². The number of carbonyl (C=O) groups excluding carboxylic acids is 1. The molecular weight excluding hydrogens is 278 g/mol. The van der Waals surface area contributed by atoms with Crippen LogP contribution in [0.4, 0.5) is 20.4 Å². The molecule has 1 aliphatic heterocycles. The van der Waals surface area contributed by atoms with Crippen LogP contribution in [0.5, 0.6) is 0 Å². The van der Waals surface area contributed by atoms with Gasteiger partial charge < -0.3 is 15.5 Å². The van der Waals surface area contributed by atoms with Crippen molar-refractivity contribution in [2.24, 2.45) is 5.92 Å². The van der Waals surface area contributed by atoms with Crippen molar-refractivity contribution in [2.45, 2.75) is 19.8 Å². The molecule has 1 aromatic heterocycles. The Labute approximate surface area is 122 Å². The van der Waals surface area contributed by atoms with Gasteiger partial charge in [0.2, 0.25) is 5.91 Å². The minimum Gasteiger partial charge on any atom is -0.368 e. The third-order valence-corrected chi connectivity index (χ3v) is 3.59. The van der Waals surface area contributed by atoms with Crippen LogP contribution in [-0.4, -0.2) is 37.6 Å². The zero-order valence-electron chi connectivity index (χ0n) is 12.2. The van der Waals surface area contributed by atoms with E-state index < -0.39 is 11.6 Å². The van der Waals surface area contributed by atoms with E-state index in [4.69, 9.17) is 0 Å². The Hall–Kier alpha value is -1.92. The molecule has 2 rings (SSSR count). The van der Waals surface area contributed by atoms with Gasteiger partial charge in [0.15, 0.2) is 23.3 Å². The van der Waals surface area contributed by atoms with Crippen LogP contribution in [-0.2, 0) is 4.79 Å². The first-order valence-corrected chi connectivity index (χ1v) is 7.13. The Kier molecular flexibility index (Phi) is 4.93. The molecule has 0 aliphatic carbocycles. The number of nitrogens with zero attached hydrogens (tertiary/aromatic N) is 2. The van der Waals surface area contributed by atoms with Gasteiger partial charge in [0.1, 0.15) is 0 Å². The monoisotopic (exact) mass is 298 g/mol. The summed E-state index contributed by atoms with van der Waals surface area (Å²) in [6.45, 7) is 3.30. The van der Waals surface area contributed by atoms with Gasteiger partial charge in [-0.25, -0.2) is 13.8 Å². The summed E-state index contributed by atoms with van der Waals surface area (Å²) in [6, 6.07) is 0.837. The number of nitrogens with one attached hydrogen (secondary N) is 2. The van der Waals surface area contributed by atoms with Crippen molar-refractivity contribution in [1.29, 1.82) is 0 Å². The smallest absolute Gasteiger partial charge is 0.224 e. The largest absolute Gasteiger partial charge is 0.368 e. The normalized spacial score (nSPS) is 18.5. The van der Waals surface area contributed by atoms with Gasteiger partial charge in [0.05, 0.1) is 5.92 Å². The van der Waals surface area contributed by atoms with Gasteiger partial charge in [0, 0.05) is 32.7 Å². The third kappa shape index (κ3) is 3.40. The topological polar surface area (TPSA) is 57.3 Å². The first-order valence-electron chi connectivity index (χ1n) is 7.13. The van der Waals surface area contributed by atoms with Gasteiger partial charge in [-0.1, -0.05) is 0 Å². The fraction of sp³-hybridized carbons (Fsp3) is 0.571. The number of amides is 1. The molecule has 7 heteroatoms. The van der Waals surface area contributed by atoms with Crippen molar-refractivity contribution in [3.8, 4) is 0 Å². The van der Waals surface area contributed by atoms with Crippen molar-refractivity contribution < 1.29 is 13.6 Å². The molecule has 0 radical (unpaired) electrons. The molecule has 1 unspecified atom stereocenters. The molecule has 1 aromatic rings. The van der Waals surface area contributed by atoms with Crippen LogP contribution in [0.3, 0.4) is 0 Å². The molecule has 0 saturated carbocycles. The van der Waals surface area contributed by atoms with E-state index in [-0.39, 0.29) is 23.5 Å². The average Bonchev–Trinajstić information content (AvgIpc) is 2.49. The summed E-state index contributed by atoms with van der Waals surface area (Å²) in [5.41, 5.74) is 0. The zero-order valence-corrected chi connectivity index (χ0v) is 12.2. The van der Waals surface area contributed by atoms with E-state index in [2.05, 4.69) is 15.6 Å². The second-order valence-electron chi connectivity index (χ2n) is 5.05. The molecule has 1 aliphatic rings. The lowest BCUT2D eigenvalue weighted by Crippen LogP contribution is -2.43. The third-order valence-electron chi connectivity index (χ3n) is 3.59. The van der Waals surface area contributed by atoms with E-state index >= 15 is 0 Å². The summed E-state index contributed by atoms with van der Waals surface area (Å²) < 4.78 is 27.6. The highest BCUT2D eigenvalue weighted by Crippen LogP contribution is 2.27. The summed E-state index contributed by atoms with van der Waals surface area (Å²) in [4.78, 5) is 17.5. The second-order valence-corrected chi connectivity index (χ2v) is 5.05. The highest BCUT2D eigenvalue weighted by Gasteiger charge is 2.28. The first-order chi connectivity index (χ1) is 10.1. The van der Waals surface area contributed by atoms with Gasteiger partial charge in [-0.3, -0.25) is 4.79 Å². The molecule has 1 fully saturated rings. The zero-order chi connectivity index (χ0) is 15.4. The maximum atomic E-state index is 14.0. The average molecular weight is 298 g/mol. The Bertz CT molecular complexity index is 524. The molecule has 21 heavy (non-hydrogen) atoms. The maximum absolute atomic E-state index is 14.0. The molecule has 0 bridgehead atoms. The van der Waals surface area contributed by atoms with Crippen LogP contribution < -0.4 is 15.5 Å². The quantitative estimate of drug-likeness (QED) is 0.889. The summed E-state index contributed by atoms with van der Waals surface area (Å²) >= 11 is 0. The molecule has 5 nitrogen and oxygen atoms in total. The van der Waals surface area contributed by atoms with Crippen molar-refractivity contribution in [3.63, 3.8) is 0 Å². The second kappa shape index (κ2) is 6.69. The number of hydrogen-bond donors (Lipinski definition) is 2. The molecular formula is C14H20F2N4O. The predicted octanol–water partition coefficient (Wildman–Crippen LogP) is 1.75. The van der Waals surface area contributed by atoms with Gasteiger partial charge >= 0.3 is 0 Å². The van der Waals surface area contributed by atoms with Crippen LogP contribution in [0, 0.1) is 17.6 Å². The van der Waals surface area contributed by atoms with Crippen LogP contribution in [0.1, 0.15) is 19.8 Å². The molecule has 1 saturated heterocycles. The standard InChI is InChI=1S/C14H20F2N4O/c1-3-18-12-10(15)7-11(16)13(19-12)20-6-4-5-9(8-20)14(21)17-2/h7,9H,3-6,8H2,1-2H3,(H,17,21)(H,18,19). The number of pyridine rings is 1. The molecule has 1 amide bonds. The van der Waals surface area contributed by atoms with Crippen LogP contribution in [0.25, 0.3) is 0 Å². The Morgan fingerprint density at radius 1 is 1.48 bits per heavy atom. The minimum atomic E-state index is -0.710. The van der Waals surface area contributed by atoms with Gasteiger partial charge in [-0.05, 0) is 19.8 Å². The fourth-order valence-electron chi connectivity index (χ4n) is 2.56. The first kappa shape index (κ1) is 15.5. The Balaban J connectivity index is 2.24. The number of halogens is 2. The van der Waals surface area contributed by atoms with Crippen molar-refractivity contribution >= 4 is 17.5 Å². The summed E-state index contributed by atoms with van der Waals surface area (Å²) in [6.07, 6.45) is 1.53. The lowest BCUT2D eigenvalue weighted by atomic mass is 9.97. The number of piperidine rings is 1. The molecule has 1 atom stereocenters. The Morgan fingerprint density at radius 3 is 2.90 bits per heavy atom. The molecule has 2 heterocycles. The molecule has 116 valence electrons. The summed E-state index contributed by atoms with van der Waals surface area (Å²) in [5.74, 6) is -1.53. The van der Waals surface area contributed by atoms with Gasteiger partial charge in [-0.2, -0.15) is 0 Å². The summed E-state index contributed by atoms with van der Waals surface area (Å²) in [7, 11) is 1.58. The number of carbonyl (C=O) groups is 1.